The van der Waals surface area contributed by atoms with Gasteiger partial charge in [0, 0.05) is 30.9 Å². The molecule has 1 atom stereocenters. The van der Waals surface area contributed by atoms with E-state index in [-0.39, 0.29) is 29.6 Å². The van der Waals surface area contributed by atoms with Crippen molar-refractivity contribution < 1.29 is 38.4 Å². The highest BCUT2D eigenvalue weighted by molar-refractivity contribution is 6.46. The standard InChI is InChI=1S/C38H48N2O8/c1-7-10-12-14-16-33(39-47-25(5)41)36(43)27-18-20-29-30-21-19-28(37(44)34(40-48-26(6)42)17-15-13-11-8-2)23-32(30)35(31(29)22-27)24(4)38(45)46-9-3/h18-24,35H,7-17H2,1-6H3/b39-33+,40-34+. The van der Waals surface area contributed by atoms with Gasteiger partial charge in [0.05, 0.1) is 12.5 Å². The van der Waals surface area contributed by atoms with Crippen molar-refractivity contribution in [3.8, 4) is 11.1 Å². The first-order valence-electron chi connectivity index (χ1n) is 17.1. The molecule has 0 fully saturated rings. The van der Waals surface area contributed by atoms with E-state index in [0.717, 1.165) is 73.6 Å². The summed E-state index contributed by atoms with van der Waals surface area (Å²) >= 11 is 0. The van der Waals surface area contributed by atoms with E-state index in [1.54, 1.807) is 38.1 Å². The molecule has 0 amide bonds. The second-order valence-corrected chi connectivity index (χ2v) is 12.1. The number of nitrogens with zero attached hydrogens (tertiary/aromatic N) is 2. The molecule has 3 rings (SSSR count). The number of hydrogen-bond donors (Lipinski definition) is 0. The Balaban J connectivity index is 2.06. The Bertz CT molecular complexity index is 1450. The molecule has 0 N–H and O–H groups in total. The first kappa shape index (κ1) is 38.0. The number of Topliss-reactive ketones (excluding diaryl/α,β-unsaturated/α-hetero) is 2. The van der Waals surface area contributed by atoms with Gasteiger partial charge in [0.1, 0.15) is 11.4 Å². The van der Waals surface area contributed by atoms with Crippen LogP contribution in [0.5, 0.6) is 0 Å². The molecular weight excluding hydrogens is 612 g/mol. The summed E-state index contributed by atoms with van der Waals surface area (Å²) in [6.07, 6.45) is 8.06. The van der Waals surface area contributed by atoms with Crippen LogP contribution >= 0.6 is 0 Å². The van der Waals surface area contributed by atoms with Gasteiger partial charge in [-0.15, -0.1) is 0 Å². The monoisotopic (exact) mass is 660 g/mol. The quantitative estimate of drug-likeness (QED) is 0.0368. The number of hydrogen-bond acceptors (Lipinski definition) is 10. The summed E-state index contributed by atoms with van der Waals surface area (Å²) in [6.45, 7) is 10.4. The minimum absolute atomic E-state index is 0.151. The predicted molar refractivity (Wildman–Crippen MR) is 184 cm³/mol. The molecule has 0 bridgehead atoms. The Hall–Kier alpha value is -4.47. The van der Waals surface area contributed by atoms with Gasteiger partial charge in [-0.05, 0) is 67.0 Å². The van der Waals surface area contributed by atoms with Crippen molar-refractivity contribution in [1.29, 1.82) is 0 Å². The Morgan fingerprint density at radius 2 is 1.10 bits per heavy atom. The van der Waals surface area contributed by atoms with Gasteiger partial charge >= 0.3 is 17.9 Å². The highest BCUT2D eigenvalue weighted by atomic mass is 16.7. The van der Waals surface area contributed by atoms with Crippen molar-refractivity contribution in [2.24, 2.45) is 16.2 Å². The molecule has 2 aromatic rings. The second-order valence-electron chi connectivity index (χ2n) is 12.1. The number of benzene rings is 2. The molecule has 0 aliphatic heterocycles. The van der Waals surface area contributed by atoms with Gasteiger partial charge in [-0.25, -0.2) is 9.59 Å². The Kier molecular flexibility index (Phi) is 14.8. The van der Waals surface area contributed by atoms with E-state index in [2.05, 4.69) is 24.2 Å². The normalized spacial score (nSPS) is 14.5. The lowest BCUT2D eigenvalue weighted by Gasteiger charge is -2.21. The van der Waals surface area contributed by atoms with Crippen LogP contribution in [0.4, 0.5) is 0 Å². The lowest BCUT2D eigenvalue weighted by atomic mass is 9.83. The summed E-state index contributed by atoms with van der Waals surface area (Å²) in [4.78, 5) is 73.5. The molecule has 0 saturated carbocycles. The highest BCUT2D eigenvalue weighted by Gasteiger charge is 2.38. The fraction of sp³-hybridized carbons (Fsp3) is 0.500. The molecule has 0 heterocycles. The van der Waals surface area contributed by atoms with Crippen LogP contribution in [0.3, 0.4) is 0 Å². The van der Waals surface area contributed by atoms with Crippen molar-refractivity contribution in [1.82, 2.24) is 0 Å². The minimum Gasteiger partial charge on any atom is -0.466 e. The van der Waals surface area contributed by atoms with E-state index < -0.39 is 29.7 Å². The lowest BCUT2D eigenvalue weighted by Crippen LogP contribution is -2.22. The van der Waals surface area contributed by atoms with Gasteiger partial charge in [-0.3, -0.25) is 14.4 Å². The number of oxime groups is 2. The molecule has 1 aliphatic rings. The Labute approximate surface area is 283 Å². The van der Waals surface area contributed by atoms with Crippen LogP contribution in [0.1, 0.15) is 144 Å². The summed E-state index contributed by atoms with van der Waals surface area (Å²) in [5.41, 5.74) is 4.15. The molecular formula is C38H48N2O8. The van der Waals surface area contributed by atoms with Crippen LogP contribution < -0.4 is 0 Å². The van der Waals surface area contributed by atoms with E-state index in [0.29, 0.717) is 24.0 Å². The van der Waals surface area contributed by atoms with Crippen LogP contribution in [0.15, 0.2) is 46.7 Å². The molecule has 2 aromatic carbocycles. The van der Waals surface area contributed by atoms with E-state index in [4.69, 9.17) is 14.4 Å². The van der Waals surface area contributed by atoms with Crippen LogP contribution in [-0.2, 0) is 28.8 Å². The number of ether oxygens (including phenoxy) is 1. The number of rotatable bonds is 19. The minimum atomic E-state index is -0.646. The smallest absolute Gasteiger partial charge is 0.331 e. The van der Waals surface area contributed by atoms with Gasteiger partial charge in [0.25, 0.3) is 0 Å². The zero-order valence-corrected chi connectivity index (χ0v) is 29.1. The van der Waals surface area contributed by atoms with Crippen LogP contribution in [-0.4, -0.2) is 47.5 Å². The number of esters is 1. The summed E-state index contributed by atoms with van der Waals surface area (Å²) in [7, 11) is 0. The van der Waals surface area contributed by atoms with Crippen molar-refractivity contribution in [3.05, 3.63) is 58.7 Å². The first-order valence-corrected chi connectivity index (χ1v) is 17.1. The summed E-state index contributed by atoms with van der Waals surface area (Å²) in [5.74, 6) is -3.53. The maximum Gasteiger partial charge on any atom is 0.331 e. The van der Waals surface area contributed by atoms with Crippen LogP contribution in [0, 0.1) is 5.92 Å². The molecule has 0 radical (unpaired) electrons. The number of carbonyl (C=O) groups is 5. The van der Waals surface area contributed by atoms with E-state index in [1.807, 2.05) is 12.1 Å². The molecule has 258 valence electrons. The SMILES string of the molecule is CCCCCC/C(=N\OC(C)=O)C(=O)c1ccc2c(c1)C(C(C)C(=O)OCC)c1cc(C(=O)/C(CCCCCC)=N/OC(C)=O)ccc1-2. The largest absolute Gasteiger partial charge is 0.466 e. The molecule has 10 nitrogen and oxygen atoms in total. The molecule has 10 heteroatoms. The number of unbranched alkanes of at least 4 members (excludes halogenated alkanes) is 6. The number of ketones is 2. The van der Waals surface area contributed by atoms with Gasteiger partial charge in [-0.1, -0.05) is 93.9 Å². The van der Waals surface area contributed by atoms with Gasteiger partial charge in [-0.2, -0.15) is 0 Å². The molecule has 1 unspecified atom stereocenters. The van der Waals surface area contributed by atoms with Crippen LogP contribution in [0.25, 0.3) is 11.1 Å². The predicted octanol–water partition coefficient (Wildman–Crippen LogP) is 8.14. The van der Waals surface area contributed by atoms with Crippen molar-refractivity contribution in [3.63, 3.8) is 0 Å². The molecule has 0 saturated heterocycles. The molecule has 0 spiro atoms. The topological polar surface area (TPSA) is 138 Å². The first-order chi connectivity index (χ1) is 23.0. The maximum atomic E-state index is 13.8. The van der Waals surface area contributed by atoms with Gasteiger partial charge in [0.2, 0.25) is 11.6 Å². The van der Waals surface area contributed by atoms with Crippen LogP contribution in [0.2, 0.25) is 0 Å². The van der Waals surface area contributed by atoms with Crippen molar-refractivity contribution >= 4 is 40.9 Å². The lowest BCUT2D eigenvalue weighted by molar-refractivity contribution is -0.148. The molecule has 48 heavy (non-hydrogen) atoms. The highest BCUT2D eigenvalue weighted by Crippen LogP contribution is 2.49. The Morgan fingerprint density at radius 3 is 1.48 bits per heavy atom. The fourth-order valence-corrected chi connectivity index (χ4v) is 5.94. The van der Waals surface area contributed by atoms with Gasteiger partial charge < -0.3 is 14.4 Å². The average molecular weight is 661 g/mol. The van der Waals surface area contributed by atoms with E-state index in [9.17, 15) is 24.0 Å². The fourth-order valence-electron chi connectivity index (χ4n) is 5.94. The third-order valence-corrected chi connectivity index (χ3v) is 8.37. The second kappa shape index (κ2) is 18.8. The molecule has 1 aliphatic carbocycles. The number of fused-ring (bicyclic) bond motifs is 3. The maximum absolute atomic E-state index is 13.8. The van der Waals surface area contributed by atoms with Gasteiger partial charge in [0.15, 0.2) is 0 Å². The zero-order valence-electron chi connectivity index (χ0n) is 29.1. The van der Waals surface area contributed by atoms with Crippen molar-refractivity contribution in [2.45, 2.75) is 112 Å². The number of carbonyl (C=O) groups excluding carboxylic acids is 5. The van der Waals surface area contributed by atoms with E-state index in [1.165, 1.54) is 13.8 Å². The zero-order chi connectivity index (χ0) is 35.2. The summed E-state index contributed by atoms with van der Waals surface area (Å²) in [6, 6.07) is 10.6. The van der Waals surface area contributed by atoms with E-state index >= 15 is 0 Å². The third-order valence-electron chi connectivity index (χ3n) is 8.37. The molecule has 0 aromatic heterocycles. The third kappa shape index (κ3) is 10.0. The summed E-state index contributed by atoms with van der Waals surface area (Å²) in [5, 5.41) is 7.81. The Morgan fingerprint density at radius 1 is 0.667 bits per heavy atom. The summed E-state index contributed by atoms with van der Waals surface area (Å²) < 4.78 is 5.41. The average Bonchev–Trinajstić information content (AvgIpc) is 3.39. The van der Waals surface area contributed by atoms with Crippen molar-refractivity contribution in [2.75, 3.05) is 6.61 Å².